The second-order valence-corrected chi connectivity index (χ2v) is 15.2. The maximum atomic E-state index is 13.1. The highest BCUT2D eigenvalue weighted by atomic mass is 16.5. The van der Waals surface area contributed by atoms with Crippen molar-refractivity contribution in [1.29, 1.82) is 0 Å². The highest BCUT2D eigenvalue weighted by Crippen LogP contribution is 2.17. The van der Waals surface area contributed by atoms with E-state index in [1.54, 1.807) is 0 Å². The van der Waals surface area contributed by atoms with Gasteiger partial charge in [0, 0.05) is 6.42 Å². The van der Waals surface area contributed by atoms with Crippen molar-refractivity contribution < 1.29 is 24.5 Å². The highest BCUT2D eigenvalue weighted by Gasteiger charge is 2.24. The number of ether oxygens (including phenoxy) is 1. The van der Waals surface area contributed by atoms with Crippen LogP contribution in [0.5, 0.6) is 0 Å². The zero-order chi connectivity index (χ0) is 38.9. The topological polar surface area (TPSA) is 95.9 Å². The summed E-state index contributed by atoms with van der Waals surface area (Å²) < 4.78 is 5.85. The molecule has 0 aliphatic carbocycles. The second-order valence-electron chi connectivity index (χ2n) is 15.2. The van der Waals surface area contributed by atoms with Gasteiger partial charge in [-0.15, -0.1) is 0 Å². The molecule has 0 aromatic heterocycles. The van der Waals surface area contributed by atoms with Crippen molar-refractivity contribution in [1.82, 2.24) is 5.32 Å². The number of nitrogens with one attached hydrogen (secondary N) is 1. The van der Waals surface area contributed by atoms with Crippen LogP contribution in [-0.2, 0) is 14.3 Å². The van der Waals surface area contributed by atoms with Crippen molar-refractivity contribution in [3.05, 3.63) is 48.6 Å². The van der Waals surface area contributed by atoms with E-state index >= 15 is 0 Å². The maximum absolute atomic E-state index is 13.1. The van der Waals surface area contributed by atoms with Crippen LogP contribution in [0.2, 0.25) is 0 Å². The molecule has 0 fully saturated rings. The van der Waals surface area contributed by atoms with Gasteiger partial charge in [-0.05, 0) is 38.5 Å². The molecule has 0 aliphatic rings. The van der Waals surface area contributed by atoms with Crippen molar-refractivity contribution in [3.63, 3.8) is 0 Å². The first-order chi connectivity index (χ1) is 26.0. The lowest BCUT2D eigenvalue weighted by atomic mass is 10.0. The number of rotatable bonds is 39. The van der Waals surface area contributed by atoms with Gasteiger partial charge in [-0.25, -0.2) is 0 Å². The summed E-state index contributed by atoms with van der Waals surface area (Å²) in [6.45, 7) is 6.29. The van der Waals surface area contributed by atoms with Gasteiger partial charge >= 0.3 is 5.97 Å². The first kappa shape index (κ1) is 50.8. The zero-order valence-corrected chi connectivity index (χ0v) is 34.9. The molecule has 6 nitrogen and oxygen atoms in total. The van der Waals surface area contributed by atoms with Gasteiger partial charge in [0.05, 0.1) is 25.2 Å². The molecular formula is C47H85NO5. The summed E-state index contributed by atoms with van der Waals surface area (Å²) >= 11 is 0. The summed E-state index contributed by atoms with van der Waals surface area (Å²) in [6.07, 6.45) is 47.5. The predicted octanol–water partition coefficient (Wildman–Crippen LogP) is 12.7. The molecule has 0 saturated heterocycles. The molecule has 0 bridgehead atoms. The molecule has 1 amide bonds. The Kier molecular flexibility index (Phi) is 39.3. The Hall–Kier alpha value is -2.18. The van der Waals surface area contributed by atoms with Crippen LogP contribution in [0, 0.1) is 0 Å². The third-order valence-electron chi connectivity index (χ3n) is 10.0. The summed E-state index contributed by atoms with van der Waals surface area (Å²) in [4.78, 5) is 25.9. The van der Waals surface area contributed by atoms with E-state index < -0.39 is 18.2 Å². The Morgan fingerprint density at radius 1 is 0.566 bits per heavy atom. The smallest absolute Gasteiger partial charge is 0.306 e. The quantitative estimate of drug-likeness (QED) is 0.0331. The molecule has 3 N–H and O–H groups in total. The number of allylic oxidation sites excluding steroid dienone is 8. The number of carbonyl (C=O) groups excluding carboxylic acids is 2. The fourth-order valence-electron chi connectivity index (χ4n) is 6.62. The average molecular weight is 744 g/mol. The average Bonchev–Trinajstić information content (AvgIpc) is 3.15. The van der Waals surface area contributed by atoms with E-state index in [0.717, 1.165) is 57.8 Å². The van der Waals surface area contributed by atoms with Gasteiger partial charge < -0.3 is 20.3 Å². The van der Waals surface area contributed by atoms with E-state index in [2.05, 4.69) is 38.2 Å². The van der Waals surface area contributed by atoms with E-state index in [1.807, 2.05) is 36.5 Å². The lowest BCUT2D eigenvalue weighted by molar-refractivity contribution is -0.151. The van der Waals surface area contributed by atoms with Crippen molar-refractivity contribution in [2.75, 3.05) is 6.61 Å². The van der Waals surface area contributed by atoms with E-state index in [9.17, 15) is 19.8 Å². The van der Waals surface area contributed by atoms with Gasteiger partial charge in [0.25, 0.3) is 0 Å². The number of amides is 1. The first-order valence-corrected chi connectivity index (χ1v) is 22.4. The number of hydrogen-bond donors (Lipinski definition) is 3. The van der Waals surface area contributed by atoms with E-state index in [-0.39, 0.29) is 24.9 Å². The molecule has 0 radical (unpaired) electrons. The second kappa shape index (κ2) is 41.0. The van der Waals surface area contributed by atoms with Crippen LogP contribution in [0.25, 0.3) is 0 Å². The zero-order valence-electron chi connectivity index (χ0n) is 34.9. The van der Waals surface area contributed by atoms with Gasteiger partial charge in [0.1, 0.15) is 6.10 Å². The normalized spacial score (nSPS) is 13.8. The van der Waals surface area contributed by atoms with Crippen LogP contribution in [0.15, 0.2) is 48.6 Å². The minimum Gasteiger partial charge on any atom is -0.462 e. The van der Waals surface area contributed by atoms with Crippen LogP contribution >= 0.6 is 0 Å². The van der Waals surface area contributed by atoms with Gasteiger partial charge in [0.2, 0.25) is 5.91 Å². The Balaban J connectivity index is 4.67. The molecule has 53 heavy (non-hydrogen) atoms. The highest BCUT2D eigenvalue weighted by molar-refractivity contribution is 5.77. The summed E-state index contributed by atoms with van der Waals surface area (Å²) in [6, 6.07) is -0.718. The van der Waals surface area contributed by atoms with Crippen LogP contribution in [0.3, 0.4) is 0 Å². The van der Waals surface area contributed by atoms with E-state index in [0.29, 0.717) is 19.3 Å². The molecule has 3 unspecified atom stereocenters. The van der Waals surface area contributed by atoms with E-state index in [1.165, 1.54) is 109 Å². The van der Waals surface area contributed by atoms with Crippen LogP contribution < -0.4 is 5.32 Å². The Morgan fingerprint density at radius 3 is 1.51 bits per heavy atom. The van der Waals surface area contributed by atoms with Crippen LogP contribution in [0.1, 0.15) is 213 Å². The molecular weight excluding hydrogens is 659 g/mol. The summed E-state index contributed by atoms with van der Waals surface area (Å²) in [5.41, 5.74) is 0. The maximum Gasteiger partial charge on any atom is 0.306 e. The molecule has 0 spiro atoms. The lowest BCUT2D eigenvalue weighted by Crippen LogP contribution is -2.46. The molecule has 0 heterocycles. The summed E-state index contributed by atoms with van der Waals surface area (Å²) in [5, 5.41) is 23.6. The fourth-order valence-corrected chi connectivity index (χ4v) is 6.62. The predicted molar refractivity (Wildman–Crippen MR) is 227 cm³/mol. The van der Waals surface area contributed by atoms with Crippen molar-refractivity contribution >= 4 is 11.9 Å². The number of unbranched alkanes of at least 4 members (excludes halogenated alkanes) is 22. The SMILES string of the molecule is CC/C=C/C=C/C=C\C=C/CCCC(CC(=O)NC(CO)C(O)CCCCCCCCCCCCC)OC(=O)CCCCCCCCCCCCCC. The Morgan fingerprint density at radius 2 is 1.02 bits per heavy atom. The minimum atomic E-state index is -0.801. The lowest BCUT2D eigenvalue weighted by Gasteiger charge is -2.24. The van der Waals surface area contributed by atoms with Crippen LogP contribution in [-0.4, -0.2) is 46.9 Å². The van der Waals surface area contributed by atoms with E-state index in [4.69, 9.17) is 4.74 Å². The molecule has 308 valence electrons. The first-order valence-electron chi connectivity index (χ1n) is 22.4. The Labute approximate surface area is 327 Å². The van der Waals surface area contributed by atoms with Crippen molar-refractivity contribution in [2.45, 2.75) is 232 Å². The number of hydrogen-bond acceptors (Lipinski definition) is 5. The van der Waals surface area contributed by atoms with Crippen molar-refractivity contribution in [3.8, 4) is 0 Å². The number of carbonyl (C=O) groups is 2. The van der Waals surface area contributed by atoms with Crippen molar-refractivity contribution in [2.24, 2.45) is 0 Å². The third-order valence-corrected chi connectivity index (χ3v) is 10.0. The third kappa shape index (κ3) is 36.6. The summed E-state index contributed by atoms with van der Waals surface area (Å²) in [5.74, 6) is -0.542. The molecule has 0 rings (SSSR count). The number of esters is 1. The molecule has 6 heteroatoms. The van der Waals surface area contributed by atoms with Gasteiger partial charge in [-0.2, -0.15) is 0 Å². The standard InChI is InChI=1S/C47H85NO5/c1-4-7-10-13-16-19-22-25-28-31-34-37-40-47(52)53-43(38-35-32-29-26-23-20-17-14-11-8-5-2)41-46(51)48-44(42-49)45(50)39-36-33-30-27-24-21-18-15-12-9-6-3/h8,11,14,17,20,23,26,29,43-45,49-50H,4-7,9-10,12-13,15-16,18-19,21-22,24-25,27-28,30-42H2,1-3H3,(H,48,51)/b11-8+,17-14+,23-20-,29-26-. The number of aliphatic hydroxyl groups is 2. The van der Waals surface area contributed by atoms with Gasteiger partial charge in [-0.1, -0.05) is 211 Å². The molecule has 0 saturated carbocycles. The van der Waals surface area contributed by atoms with Crippen LogP contribution in [0.4, 0.5) is 0 Å². The summed E-state index contributed by atoms with van der Waals surface area (Å²) in [7, 11) is 0. The molecule has 3 atom stereocenters. The molecule has 0 aromatic carbocycles. The molecule has 0 aliphatic heterocycles. The monoisotopic (exact) mass is 744 g/mol. The fraction of sp³-hybridized carbons (Fsp3) is 0.787. The molecule has 0 aromatic rings. The minimum absolute atomic E-state index is 0.0333. The van der Waals surface area contributed by atoms with Gasteiger partial charge in [0.15, 0.2) is 0 Å². The van der Waals surface area contributed by atoms with Gasteiger partial charge in [-0.3, -0.25) is 9.59 Å². The number of aliphatic hydroxyl groups excluding tert-OH is 2. The Bertz CT molecular complexity index is 926. The largest absolute Gasteiger partial charge is 0.462 e.